The first-order valence-corrected chi connectivity index (χ1v) is 9.24. The molecule has 23 heavy (non-hydrogen) atoms. The van der Waals surface area contributed by atoms with E-state index < -0.39 is 10.0 Å². The molecule has 0 amide bonds. The Hall–Kier alpha value is -1.73. The maximum Gasteiger partial charge on any atom is 0.262 e. The predicted octanol–water partition coefficient (Wildman–Crippen LogP) is 2.85. The van der Waals surface area contributed by atoms with E-state index in [1.807, 2.05) is 31.4 Å². The number of sulfonamides is 1. The van der Waals surface area contributed by atoms with E-state index in [1.54, 1.807) is 31.0 Å². The molecule has 2 heterocycles. The Bertz CT molecular complexity index is 726. The zero-order valence-corrected chi connectivity index (χ0v) is 14.9. The fourth-order valence-electron chi connectivity index (χ4n) is 2.24. The molecule has 0 spiro atoms. The second-order valence-corrected chi connectivity index (χ2v) is 7.76. The topological polar surface area (TPSA) is 68.1 Å². The summed E-state index contributed by atoms with van der Waals surface area (Å²) in [4.78, 5) is 8.17. The van der Waals surface area contributed by atoms with Crippen molar-refractivity contribution in [1.29, 1.82) is 0 Å². The van der Waals surface area contributed by atoms with Crippen LogP contribution in [0.5, 0.6) is 0 Å². The molecule has 0 fully saturated rings. The summed E-state index contributed by atoms with van der Waals surface area (Å²) in [6.45, 7) is 8.10. The molecular formula is C16H24N4O2S. The van der Waals surface area contributed by atoms with E-state index in [4.69, 9.17) is 0 Å². The Labute approximate surface area is 138 Å². The largest absolute Gasteiger partial charge is 0.333 e. The fraction of sp³-hybridized carbons (Fsp3) is 0.500. The third-order valence-corrected chi connectivity index (χ3v) is 5.80. The lowest BCUT2D eigenvalue weighted by Gasteiger charge is -2.24. The van der Waals surface area contributed by atoms with Crippen LogP contribution in [0.2, 0.25) is 0 Å². The molecule has 1 atom stereocenters. The summed E-state index contributed by atoms with van der Waals surface area (Å²) in [5.74, 6) is 0. The Morgan fingerprint density at radius 1 is 1.30 bits per heavy atom. The molecule has 0 bridgehead atoms. The Balaban J connectivity index is 2.32. The van der Waals surface area contributed by atoms with E-state index in [0.717, 1.165) is 12.0 Å². The Kier molecular flexibility index (Phi) is 5.54. The van der Waals surface area contributed by atoms with Crippen molar-refractivity contribution in [2.75, 3.05) is 0 Å². The highest BCUT2D eigenvalue weighted by Gasteiger charge is 2.29. The second kappa shape index (κ2) is 7.23. The summed E-state index contributed by atoms with van der Waals surface area (Å²) in [5.41, 5.74) is 0.853. The SMILES string of the molecule is CCC(C)n1cnc(S(=O)(=O)N(Cc2cccnc2)C(C)C)c1. The fourth-order valence-corrected chi connectivity index (χ4v) is 3.79. The van der Waals surface area contributed by atoms with Gasteiger partial charge in [-0.05, 0) is 38.8 Å². The molecule has 2 aromatic rings. The molecule has 0 N–H and O–H groups in total. The van der Waals surface area contributed by atoms with E-state index >= 15 is 0 Å². The number of rotatable bonds is 7. The summed E-state index contributed by atoms with van der Waals surface area (Å²) in [7, 11) is -3.65. The molecule has 0 saturated carbocycles. The summed E-state index contributed by atoms with van der Waals surface area (Å²) >= 11 is 0. The van der Waals surface area contributed by atoms with Gasteiger partial charge in [0.05, 0.1) is 6.33 Å². The molecule has 0 aliphatic heterocycles. The van der Waals surface area contributed by atoms with Crippen molar-refractivity contribution in [1.82, 2.24) is 18.8 Å². The van der Waals surface area contributed by atoms with Crippen LogP contribution in [-0.2, 0) is 16.6 Å². The highest BCUT2D eigenvalue weighted by molar-refractivity contribution is 7.89. The van der Waals surface area contributed by atoms with E-state index in [2.05, 4.69) is 16.9 Å². The number of imidazole rings is 1. The van der Waals surface area contributed by atoms with Crippen molar-refractivity contribution in [2.24, 2.45) is 0 Å². The third kappa shape index (κ3) is 3.97. The van der Waals surface area contributed by atoms with Crippen LogP contribution < -0.4 is 0 Å². The van der Waals surface area contributed by atoms with Crippen LogP contribution >= 0.6 is 0 Å². The first-order valence-electron chi connectivity index (χ1n) is 7.80. The molecule has 0 aliphatic rings. The van der Waals surface area contributed by atoms with Crippen molar-refractivity contribution in [3.8, 4) is 0 Å². The van der Waals surface area contributed by atoms with Crippen LogP contribution in [0.3, 0.4) is 0 Å². The van der Waals surface area contributed by atoms with Crippen molar-refractivity contribution < 1.29 is 8.42 Å². The standard InChI is InChI=1S/C16H24N4O2S/c1-5-14(4)19-11-16(18-12-19)23(21,22)20(13(2)3)10-15-7-6-8-17-9-15/h6-9,11-14H,5,10H2,1-4H3. The van der Waals surface area contributed by atoms with Crippen LogP contribution in [0, 0.1) is 0 Å². The average Bonchev–Trinajstić information content (AvgIpc) is 3.03. The maximum absolute atomic E-state index is 12.9. The van der Waals surface area contributed by atoms with Crippen molar-refractivity contribution in [3.63, 3.8) is 0 Å². The molecule has 2 aromatic heterocycles. The number of pyridine rings is 1. The van der Waals surface area contributed by atoms with Gasteiger partial charge in [-0.15, -0.1) is 0 Å². The zero-order valence-electron chi connectivity index (χ0n) is 14.0. The minimum absolute atomic E-state index is 0.0930. The van der Waals surface area contributed by atoms with Crippen molar-refractivity contribution in [3.05, 3.63) is 42.6 Å². The zero-order chi connectivity index (χ0) is 17.0. The smallest absolute Gasteiger partial charge is 0.262 e. The van der Waals surface area contributed by atoms with Gasteiger partial charge in [-0.2, -0.15) is 4.31 Å². The molecular weight excluding hydrogens is 312 g/mol. The van der Waals surface area contributed by atoms with Gasteiger partial charge < -0.3 is 4.57 Å². The lowest BCUT2D eigenvalue weighted by Crippen LogP contribution is -2.36. The number of aromatic nitrogens is 3. The van der Waals surface area contributed by atoms with Crippen LogP contribution in [0.4, 0.5) is 0 Å². The highest BCUT2D eigenvalue weighted by atomic mass is 32.2. The van der Waals surface area contributed by atoms with Gasteiger partial charge >= 0.3 is 0 Å². The van der Waals surface area contributed by atoms with Gasteiger partial charge in [0.15, 0.2) is 5.03 Å². The summed E-state index contributed by atoms with van der Waals surface area (Å²) in [6.07, 6.45) is 7.47. The molecule has 0 saturated heterocycles. The van der Waals surface area contributed by atoms with Gasteiger partial charge in [-0.3, -0.25) is 4.98 Å². The number of nitrogens with zero attached hydrogens (tertiary/aromatic N) is 4. The molecule has 0 radical (unpaired) electrons. The van der Waals surface area contributed by atoms with Crippen molar-refractivity contribution in [2.45, 2.75) is 57.8 Å². The van der Waals surface area contributed by atoms with Gasteiger partial charge in [0.25, 0.3) is 10.0 Å². The highest BCUT2D eigenvalue weighted by Crippen LogP contribution is 2.21. The molecule has 0 aromatic carbocycles. The predicted molar refractivity (Wildman–Crippen MR) is 89.3 cm³/mol. The quantitative estimate of drug-likeness (QED) is 0.780. The first-order chi connectivity index (χ1) is 10.9. The van der Waals surface area contributed by atoms with Crippen LogP contribution in [0.1, 0.15) is 45.7 Å². The summed E-state index contributed by atoms with van der Waals surface area (Å²) < 4.78 is 29.2. The Morgan fingerprint density at radius 2 is 2.04 bits per heavy atom. The van der Waals surface area contributed by atoms with Crippen LogP contribution in [-0.4, -0.2) is 33.3 Å². The normalized spacial score (nSPS) is 13.7. The monoisotopic (exact) mass is 336 g/mol. The molecule has 0 aliphatic carbocycles. The van der Waals surface area contributed by atoms with E-state index in [9.17, 15) is 8.42 Å². The van der Waals surface area contributed by atoms with Gasteiger partial charge in [0.1, 0.15) is 0 Å². The maximum atomic E-state index is 12.9. The molecule has 6 nitrogen and oxygen atoms in total. The molecule has 126 valence electrons. The van der Waals surface area contributed by atoms with Gasteiger partial charge in [-0.1, -0.05) is 13.0 Å². The summed E-state index contributed by atoms with van der Waals surface area (Å²) in [5, 5.41) is 0.0930. The lowest BCUT2D eigenvalue weighted by molar-refractivity contribution is 0.346. The molecule has 2 rings (SSSR count). The minimum atomic E-state index is -3.65. The minimum Gasteiger partial charge on any atom is -0.333 e. The van der Waals surface area contributed by atoms with Crippen molar-refractivity contribution >= 4 is 10.0 Å². The van der Waals surface area contributed by atoms with E-state index in [-0.39, 0.29) is 23.7 Å². The summed E-state index contributed by atoms with van der Waals surface area (Å²) in [6, 6.07) is 3.72. The Morgan fingerprint density at radius 3 is 2.61 bits per heavy atom. The number of hydrogen-bond acceptors (Lipinski definition) is 4. The second-order valence-electron chi connectivity index (χ2n) is 5.92. The first kappa shape index (κ1) is 17.6. The van der Waals surface area contributed by atoms with Gasteiger partial charge in [-0.25, -0.2) is 13.4 Å². The van der Waals surface area contributed by atoms with E-state index in [1.165, 1.54) is 4.31 Å². The molecule has 7 heteroatoms. The van der Waals surface area contributed by atoms with Crippen LogP contribution in [0.25, 0.3) is 0 Å². The van der Waals surface area contributed by atoms with Gasteiger partial charge in [0.2, 0.25) is 0 Å². The molecule has 1 unspecified atom stereocenters. The van der Waals surface area contributed by atoms with E-state index in [0.29, 0.717) is 0 Å². The van der Waals surface area contributed by atoms with Gasteiger partial charge in [0, 0.05) is 37.2 Å². The number of hydrogen-bond donors (Lipinski definition) is 0. The lowest BCUT2D eigenvalue weighted by atomic mass is 10.2. The van der Waals surface area contributed by atoms with Crippen LogP contribution in [0.15, 0.2) is 42.1 Å². The third-order valence-electron chi connectivity index (χ3n) is 3.89. The average molecular weight is 336 g/mol.